The third-order valence-electron chi connectivity index (χ3n) is 5.04. The topological polar surface area (TPSA) is 29.5 Å². The zero-order valence-electron chi connectivity index (χ0n) is 15.9. The third-order valence-corrected chi connectivity index (χ3v) is 6.36. The van der Waals surface area contributed by atoms with Gasteiger partial charge in [0.1, 0.15) is 5.75 Å². The van der Waals surface area contributed by atoms with E-state index in [4.69, 9.17) is 4.74 Å². The maximum Gasteiger partial charge on any atom is 0.308 e. The van der Waals surface area contributed by atoms with Gasteiger partial charge in [-0.25, -0.2) is 0 Å². The molecular formula is C22H27NO2S. The predicted molar refractivity (Wildman–Crippen MR) is 108 cm³/mol. The number of esters is 1. The van der Waals surface area contributed by atoms with Crippen LogP contribution in [0.4, 0.5) is 0 Å². The van der Waals surface area contributed by atoms with E-state index in [1.54, 1.807) is 0 Å². The lowest BCUT2D eigenvalue weighted by Crippen LogP contribution is -2.36. The van der Waals surface area contributed by atoms with Gasteiger partial charge < -0.3 is 4.74 Å². The first-order chi connectivity index (χ1) is 12.5. The minimum Gasteiger partial charge on any atom is -0.427 e. The van der Waals surface area contributed by atoms with Crippen molar-refractivity contribution in [2.75, 3.05) is 7.05 Å². The van der Waals surface area contributed by atoms with Gasteiger partial charge in [-0.05, 0) is 49.2 Å². The lowest BCUT2D eigenvalue weighted by molar-refractivity contribution is -0.131. The summed E-state index contributed by atoms with van der Waals surface area (Å²) >= 11 is 1.99. The summed E-state index contributed by atoms with van der Waals surface area (Å²) in [6.45, 7) is 6.05. The van der Waals surface area contributed by atoms with Crippen molar-refractivity contribution in [1.29, 1.82) is 0 Å². The number of hydrogen-bond donors (Lipinski definition) is 0. The smallest absolute Gasteiger partial charge is 0.308 e. The van der Waals surface area contributed by atoms with E-state index in [-0.39, 0.29) is 5.97 Å². The van der Waals surface area contributed by atoms with Crippen molar-refractivity contribution < 1.29 is 9.53 Å². The second-order valence-electron chi connectivity index (χ2n) is 7.28. The number of carbonyl (C=O) groups is 1. The summed E-state index contributed by atoms with van der Waals surface area (Å²) in [4.78, 5) is 15.0. The van der Waals surface area contributed by atoms with Crippen LogP contribution in [0.15, 0.2) is 59.5 Å². The molecular weight excluding hydrogens is 342 g/mol. The van der Waals surface area contributed by atoms with Gasteiger partial charge in [0.25, 0.3) is 0 Å². The molecule has 3 rings (SSSR count). The molecule has 0 N–H and O–H groups in total. The molecule has 3 atom stereocenters. The summed E-state index contributed by atoms with van der Waals surface area (Å²) in [5, 5.41) is 0.556. The minimum absolute atomic E-state index is 0.282. The number of hydrogen-bond acceptors (Lipinski definition) is 4. The summed E-state index contributed by atoms with van der Waals surface area (Å²) in [5.74, 6) is 0.916. The number of rotatable bonds is 5. The van der Waals surface area contributed by atoms with Crippen molar-refractivity contribution in [3.8, 4) is 5.75 Å². The fraction of sp³-hybridized carbons (Fsp3) is 0.409. The maximum atomic E-state index is 11.1. The van der Waals surface area contributed by atoms with Gasteiger partial charge in [0, 0.05) is 29.2 Å². The molecule has 0 spiro atoms. The average Bonchev–Trinajstić information content (AvgIpc) is 2.92. The second kappa shape index (κ2) is 8.28. The van der Waals surface area contributed by atoms with Gasteiger partial charge in [-0.2, -0.15) is 0 Å². The van der Waals surface area contributed by atoms with Gasteiger partial charge in [0.05, 0.1) is 0 Å². The highest BCUT2D eigenvalue weighted by Gasteiger charge is 2.41. The van der Waals surface area contributed by atoms with E-state index in [0.717, 1.165) is 6.42 Å². The van der Waals surface area contributed by atoms with Crippen LogP contribution in [0, 0.1) is 5.92 Å². The van der Waals surface area contributed by atoms with Crippen LogP contribution < -0.4 is 4.74 Å². The van der Waals surface area contributed by atoms with Crippen molar-refractivity contribution in [1.82, 2.24) is 4.90 Å². The Morgan fingerprint density at radius 2 is 1.77 bits per heavy atom. The van der Waals surface area contributed by atoms with Gasteiger partial charge in [0.2, 0.25) is 0 Å². The first kappa shape index (κ1) is 19.0. The largest absolute Gasteiger partial charge is 0.427 e. The molecule has 0 radical (unpaired) electrons. The van der Waals surface area contributed by atoms with Crippen molar-refractivity contribution >= 4 is 17.7 Å². The van der Waals surface area contributed by atoms with E-state index in [9.17, 15) is 4.79 Å². The Balaban J connectivity index is 1.79. The van der Waals surface area contributed by atoms with Crippen LogP contribution in [0.25, 0.3) is 0 Å². The van der Waals surface area contributed by atoms with Crippen molar-refractivity contribution in [2.24, 2.45) is 5.92 Å². The first-order valence-electron chi connectivity index (χ1n) is 9.17. The van der Waals surface area contributed by atoms with E-state index in [1.807, 2.05) is 23.9 Å². The first-order valence-corrected chi connectivity index (χ1v) is 10.1. The fourth-order valence-electron chi connectivity index (χ4n) is 3.98. The molecule has 2 aromatic carbocycles. The summed E-state index contributed by atoms with van der Waals surface area (Å²) in [5.41, 5.74) is 1.28. The molecule has 2 aromatic rings. The minimum atomic E-state index is -0.282. The molecule has 4 heteroatoms. The van der Waals surface area contributed by atoms with E-state index in [0.29, 0.717) is 29.0 Å². The van der Waals surface area contributed by atoms with Crippen LogP contribution in [0.2, 0.25) is 0 Å². The number of ether oxygens (including phenoxy) is 1. The third kappa shape index (κ3) is 4.30. The van der Waals surface area contributed by atoms with E-state index in [2.05, 4.69) is 68.3 Å². The van der Waals surface area contributed by atoms with Crippen molar-refractivity contribution in [3.05, 3.63) is 60.2 Å². The zero-order chi connectivity index (χ0) is 18.7. The molecule has 0 aromatic heterocycles. The number of carbonyl (C=O) groups excluding carboxylic acids is 1. The lowest BCUT2D eigenvalue weighted by Gasteiger charge is -2.30. The highest BCUT2D eigenvalue weighted by atomic mass is 32.2. The molecule has 3 nitrogen and oxygen atoms in total. The van der Waals surface area contributed by atoms with E-state index < -0.39 is 0 Å². The summed E-state index contributed by atoms with van der Waals surface area (Å²) in [6, 6.07) is 19.6. The molecule has 1 saturated heterocycles. The molecule has 26 heavy (non-hydrogen) atoms. The van der Waals surface area contributed by atoms with Gasteiger partial charge in [0.15, 0.2) is 0 Å². The molecule has 0 bridgehead atoms. The highest BCUT2D eigenvalue weighted by Crippen LogP contribution is 2.45. The van der Waals surface area contributed by atoms with Crippen LogP contribution in [0.3, 0.4) is 0 Å². The number of thioether (sulfide) groups is 1. The highest BCUT2D eigenvalue weighted by molar-refractivity contribution is 8.00. The normalized spacial score (nSPS) is 23.3. The Morgan fingerprint density at radius 1 is 1.12 bits per heavy atom. The van der Waals surface area contributed by atoms with Gasteiger partial charge in [-0.1, -0.05) is 44.2 Å². The molecule has 0 amide bonds. The monoisotopic (exact) mass is 369 g/mol. The van der Waals surface area contributed by atoms with E-state index in [1.165, 1.54) is 17.4 Å². The lowest BCUT2D eigenvalue weighted by atomic mass is 10.0. The second-order valence-corrected chi connectivity index (χ2v) is 8.60. The Bertz CT molecular complexity index is 730. The Labute approximate surface area is 160 Å². The number of benzene rings is 2. The predicted octanol–water partition coefficient (Wildman–Crippen LogP) is 5.17. The molecule has 1 aliphatic heterocycles. The quantitative estimate of drug-likeness (QED) is 0.537. The Morgan fingerprint density at radius 3 is 2.35 bits per heavy atom. The zero-order valence-corrected chi connectivity index (χ0v) is 16.7. The number of likely N-dealkylation sites (tertiary alicyclic amines) is 1. The van der Waals surface area contributed by atoms with E-state index >= 15 is 0 Å². The summed E-state index contributed by atoms with van der Waals surface area (Å²) in [6.07, 6.45) is 1.12. The van der Waals surface area contributed by atoms with Gasteiger partial charge in [-0.15, -0.1) is 11.8 Å². The molecule has 1 aliphatic rings. The SMILES string of the molecule is CC(=O)Oc1ccc([C@H]2C[C@H](Sc3ccccc3)[C@@H](C(C)C)N2C)cc1. The fourth-order valence-corrected chi connectivity index (χ4v) is 5.57. The summed E-state index contributed by atoms with van der Waals surface area (Å²) in [7, 11) is 2.24. The number of nitrogens with zero attached hydrogens (tertiary/aromatic N) is 1. The van der Waals surface area contributed by atoms with Gasteiger partial charge in [-0.3, -0.25) is 9.69 Å². The van der Waals surface area contributed by atoms with Crippen LogP contribution in [0.5, 0.6) is 5.75 Å². The van der Waals surface area contributed by atoms with Crippen molar-refractivity contribution in [2.45, 2.75) is 49.4 Å². The van der Waals surface area contributed by atoms with Crippen molar-refractivity contribution in [3.63, 3.8) is 0 Å². The van der Waals surface area contributed by atoms with Gasteiger partial charge >= 0.3 is 5.97 Å². The van der Waals surface area contributed by atoms with Crippen LogP contribution >= 0.6 is 11.8 Å². The molecule has 1 fully saturated rings. The Kier molecular flexibility index (Phi) is 6.05. The standard InChI is InChI=1S/C22H27NO2S/c1-15(2)22-21(26-19-8-6-5-7-9-19)14-20(23(22)4)17-10-12-18(13-11-17)25-16(3)24/h5-13,15,20-22H,14H2,1-4H3/t20-,21+,22-/m1/s1. The molecule has 0 saturated carbocycles. The Hall–Kier alpha value is -1.78. The maximum absolute atomic E-state index is 11.1. The van der Waals surface area contributed by atoms with Crippen LogP contribution in [0.1, 0.15) is 38.8 Å². The molecule has 0 aliphatic carbocycles. The molecule has 1 heterocycles. The summed E-state index contributed by atoms with van der Waals surface area (Å²) < 4.78 is 5.16. The average molecular weight is 370 g/mol. The molecule has 138 valence electrons. The molecule has 0 unspecified atom stereocenters. The van der Waals surface area contributed by atoms with Crippen LogP contribution in [-0.2, 0) is 4.79 Å². The van der Waals surface area contributed by atoms with Crippen LogP contribution in [-0.4, -0.2) is 29.2 Å².